The second-order valence-corrected chi connectivity index (χ2v) is 6.41. The van der Waals surface area contributed by atoms with E-state index < -0.39 is 11.5 Å². The Kier molecular flexibility index (Phi) is 5.37. The number of fused-ring (bicyclic) bond motifs is 1. The lowest BCUT2D eigenvalue weighted by Gasteiger charge is -2.20. The van der Waals surface area contributed by atoms with E-state index in [-0.39, 0.29) is 11.6 Å². The summed E-state index contributed by atoms with van der Waals surface area (Å²) in [4.78, 5) is 27.5. The van der Waals surface area contributed by atoms with E-state index in [4.69, 9.17) is 21.1 Å². The molecule has 1 heterocycles. The van der Waals surface area contributed by atoms with Crippen LogP contribution in [0.25, 0.3) is 10.9 Å². The van der Waals surface area contributed by atoms with E-state index in [0.717, 1.165) is 5.56 Å². The minimum Gasteiger partial charge on any atom is -0.497 e. The normalized spacial score (nSPS) is 11.9. The molecule has 3 aromatic rings. The molecule has 0 aliphatic carbocycles. The Morgan fingerprint density at radius 2 is 1.93 bits per heavy atom. The highest BCUT2D eigenvalue weighted by atomic mass is 35.5. The molecular weight excluding hydrogens is 368 g/mol. The molecular formula is C20H19ClN2O4. The van der Waals surface area contributed by atoms with E-state index in [1.54, 1.807) is 25.3 Å². The van der Waals surface area contributed by atoms with Crippen molar-refractivity contribution >= 4 is 34.2 Å². The molecule has 3 rings (SSSR count). The summed E-state index contributed by atoms with van der Waals surface area (Å²) in [5.41, 5.74) is 1.10. The number of ether oxygens (including phenoxy) is 2. The molecule has 1 aromatic heterocycles. The van der Waals surface area contributed by atoms with Crippen LogP contribution in [0.5, 0.6) is 5.75 Å². The van der Waals surface area contributed by atoms with Crippen LogP contribution in [0.1, 0.15) is 28.9 Å². The molecule has 0 aliphatic rings. The van der Waals surface area contributed by atoms with Gasteiger partial charge in [-0.15, -0.1) is 0 Å². The molecule has 0 spiro atoms. The number of benzene rings is 2. The number of methoxy groups -OCH3 is 2. The van der Waals surface area contributed by atoms with Gasteiger partial charge in [0.1, 0.15) is 11.3 Å². The summed E-state index contributed by atoms with van der Waals surface area (Å²) in [5, 5.41) is 4.28. The molecule has 0 saturated heterocycles. The van der Waals surface area contributed by atoms with Gasteiger partial charge in [-0.2, -0.15) is 0 Å². The van der Waals surface area contributed by atoms with Gasteiger partial charge in [0.2, 0.25) is 0 Å². The van der Waals surface area contributed by atoms with Crippen molar-refractivity contribution in [3.05, 3.63) is 69.0 Å². The Labute approximate surface area is 161 Å². The zero-order valence-corrected chi connectivity index (χ0v) is 15.9. The summed E-state index contributed by atoms with van der Waals surface area (Å²) in [6.45, 7) is 1.92. The SMILES string of the molecule is COC(=O)c1c(N[C@@H](C)c2cccc(OC)c2)c2cccc(Cl)c2[nH]c1=O. The maximum Gasteiger partial charge on any atom is 0.345 e. The number of carbonyl (C=O) groups is 1. The standard InChI is InChI=1S/C20H19ClN2O4/c1-11(12-6-4-7-13(10-12)26-2)22-18-14-8-5-9-15(21)17(14)23-19(24)16(18)20(25)27-3/h4-11H,1-3H3,(H2,22,23,24)/t11-/m0/s1. The number of rotatable bonds is 5. The monoisotopic (exact) mass is 386 g/mol. The van der Waals surface area contributed by atoms with Gasteiger partial charge in [0, 0.05) is 11.4 Å². The van der Waals surface area contributed by atoms with Gasteiger partial charge in [0.25, 0.3) is 5.56 Å². The van der Waals surface area contributed by atoms with Crippen LogP contribution in [0.2, 0.25) is 5.02 Å². The van der Waals surface area contributed by atoms with Crippen molar-refractivity contribution in [3.63, 3.8) is 0 Å². The highest BCUT2D eigenvalue weighted by Gasteiger charge is 2.22. The summed E-state index contributed by atoms with van der Waals surface area (Å²) < 4.78 is 10.1. The molecule has 6 nitrogen and oxygen atoms in total. The van der Waals surface area contributed by atoms with Crippen LogP contribution < -0.4 is 15.6 Å². The first kappa shape index (κ1) is 18.8. The quantitative estimate of drug-likeness (QED) is 0.644. The Morgan fingerprint density at radius 1 is 1.19 bits per heavy atom. The van der Waals surface area contributed by atoms with Gasteiger partial charge in [0.05, 0.1) is 30.4 Å². The number of aromatic amines is 1. The zero-order valence-electron chi connectivity index (χ0n) is 15.1. The van der Waals surface area contributed by atoms with Crippen molar-refractivity contribution < 1.29 is 14.3 Å². The van der Waals surface area contributed by atoms with Crippen LogP contribution in [0.4, 0.5) is 5.69 Å². The van der Waals surface area contributed by atoms with Crippen LogP contribution in [0.15, 0.2) is 47.3 Å². The zero-order chi connectivity index (χ0) is 19.6. The summed E-state index contributed by atoms with van der Waals surface area (Å²) in [5.74, 6) is -0.00776. The topological polar surface area (TPSA) is 80.4 Å². The lowest BCUT2D eigenvalue weighted by molar-refractivity contribution is 0.0600. The van der Waals surface area contributed by atoms with Crippen molar-refractivity contribution in [2.75, 3.05) is 19.5 Å². The highest BCUT2D eigenvalue weighted by molar-refractivity contribution is 6.35. The number of para-hydroxylation sites is 1. The first-order valence-electron chi connectivity index (χ1n) is 8.29. The van der Waals surface area contributed by atoms with Crippen LogP contribution in [0.3, 0.4) is 0 Å². The minimum atomic E-state index is -0.724. The van der Waals surface area contributed by atoms with Gasteiger partial charge in [-0.25, -0.2) is 4.79 Å². The Bertz CT molecular complexity index is 1060. The van der Waals surface area contributed by atoms with Gasteiger partial charge in [-0.1, -0.05) is 35.9 Å². The molecule has 1 atom stereocenters. The van der Waals surface area contributed by atoms with Crippen molar-refractivity contribution in [1.29, 1.82) is 0 Å². The number of esters is 1. The molecule has 0 bridgehead atoms. The third-order valence-corrected chi connectivity index (χ3v) is 4.66. The molecule has 0 radical (unpaired) electrons. The molecule has 2 N–H and O–H groups in total. The summed E-state index contributed by atoms with van der Waals surface area (Å²) in [7, 11) is 2.83. The van der Waals surface area contributed by atoms with Crippen LogP contribution in [-0.2, 0) is 4.74 Å². The number of hydrogen-bond acceptors (Lipinski definition) is 5. The summed E-state index contributed by atoms with van der Waals surface area (Å²) in [6.07, 6.45) is 0. The van der Waals surface area contributed by atoms with Gasteiger partial charge >= 0.3 is 5.97 Å². The maximum atomic E-state index is 12.5. The number of hydrogen-bond donors (Lipinski definition) is 2. The Balaban J connectivity index is 2.17. The fraction of sp³-hybridized carbons (Fsp3) is 0.200. The first-order valence-corrected chi connectivity index (χ1v) is 8.67. The van der Waals surface area contributed by atoms with Crippen molar-refractivity contribution in [1.82, 2.24) is 4.98 Å². The largest absolute Gasteiger partial charge is 0.497 e. The average Bonchev–Trinajstić information content (AvgIpc) is 2.68. The number of pyridine rings is 1. The van der Waals surface area contributed by atoms with Gasteiger partial charge in [-0.05, 0) is 30.7 Å². The molecule has 0 saturated carbocycles. The minimum absolute atomic E-state index is 0.0954. The molecule has 0 amide bonds. The number of carbonyl (C=O) groups excluding carboxylic acids is 1. The fourth-order valence-corrected chi connectivity index (χ4v) is 3.16. The lowest BCUT2D eigenvalue weighted by Crippen LogP contribution is -2.23. The number of H-pyrrole nitrogens is 1. The Morgan fingerprint density at radius 3 is 2.63 bits per heavy atom. The maximum absolute atomic E-state index is 12.5. The van der Waals surface area contributed by atoms with E-state index in [1.165, 1.54) is 7.11 Å². The van der Waals surface area contributed by atoms with Crippen molar-refractivity contribution in [2.24, 2.45) is 0 Å². The molecule has 2 aromatic carbocycles. The van der Waals surface area contributed by atoms with Crippen LogP contribution >= 0.6 is 11.6 Å². The van der Waals surface area contributed by atoms with Gasteiger partial charge < -0.3 is 19.8 Å². The Hall–Kier alpha value is -2.99. The molecule has 7 heteroatoms. The highest BCUT2D eigenvalue weighted by Crippen LogP contribution is 2.32. The molecule has 0 unspecified atom stereocenters. The second kappa shape index (κ2) is 7.72. The number of anilines is 1. The average molecular weight is 387 g/mol. The third-order valence-electron chi connectivity index (χ3n) is 4.34. The molecule has 27 heavy (non-hydrogen) atoms. The van der Waals surface area contributed by atoms with Crippen LogP contribution in [-0.4, -0.2) is 25.2 Å². The third kappa shape index (κ3) is 3.61. The van der Waals surface area contributed by atoms with Crippen molar-refractivity contribution in [2.45, 2.75) is 13.0 Å². The first-order chi connectivity index (χ1) is 13.0. The molecule has 0 aliphatic heterocycles. The number of nitrogens with one attached hydrogen (secondary N) is 2. The second-order valence-electron chi connectivity index (χ2n) is 6.00. The fourth-order valence-electron chi connectivity index (χ4n) is 2.94. The van der Waals surface area contributed by atoms with Gasteiger partial charge in [-0.3, -0.25) is 4.79 Å². The number of aromatic nitrogens is 1. The smallest absolute Gasteiger partial charge is 0.345 e. The predicted molar refractivity (Wildman–Crippen MR) is 106 cm³/mol. The summed E-state index contributed by atoms with van der Waals surface area (Å²) >= 11 is 6.23. The van der Waals surface area contributed by atoms with E-state index in [0.29, 0.717) is 27.4 Å². The molecule has 140 valence electrons. The van der Waals surface area contributed by atoms with E-state index in [9.17, 15) is 9.59 Å². The van der Waals surface area contributed by atoms with Crippen molar-refractivity contribution in [3.8, 4) is 5.75 Å². The summed E-state index contributed by atoms with van der Waals surface area (Å²) in [6, 6.07) is 12.5. The van der Waals surface area contributed by atoms with Crippen LogP contribution in [0, 0.1) is 0 Å². The van der Waals surface area contributed by atoms with E-state index in [1.807, 2.05) is 31.2 Å². The van der Waals surface area contributed by atoms with E-state index >= 15 is 0 Å². The van der Waals surface area contributed by atoms with Gasteiger partial charge in [0.15, 0.2) is 0 Å². The lowest BCUT2D eigenvalue weighted by atomic mass is 10.0. The predicted octanol–water partition coefficient (Wildman–Crippen LogP) is 4.15. The number of halogens is 1. The molecule has 0 fully saturated rings. The van der Waals surface area contributed by atoms with E-state index in [2.05, 4.69) is 10.3 Å².